The zero-order valence-electron chi connectivity index (χ0n) is 30.8. The molecule has 274 valence electrons. The minimum Gasteiger partial charge on any atom is -0.497 e. The average Bonchev–Trinajstić information content (AvgIpc) is 3.18. The Balaban J connectivity index is 1.24. The van der Waals surface area contributed by atoms with E-state index in [0.717, 1.165) is 52.1 Å². The highest BCUT2D eigenvalue weighted by atomic mass is 79.9. The van der Waals surface area contributed by atoms with Crippen LogP contribution in [-0.4, -0.2) is 86.8 Å². The molecule has 0 spiro atoms. The molecule has 2 fully saturated rings. The van der Waals surface area contributed by atoms with Gasteiger partial charge in [0.15, 0.2) is 0 Å². The van der Waals surface area contributed by atoms with Crippen molar-refractivity contribution < 1.29 is 14.3 Å². The summed E-state index contributed by atoms with van der Waals surface area (Å²) in [6.45, 7) is 3.66. The van der Waals surface area contributed by atoms with Crippen LogP contribution in [0, 0.1) is 5.92 Å². The largest absolute Gasteiger partial charge is 0.497 e. The fourth-order valence-corrected chi connectivity index (χ4v) is 8.68. The molecule has 7 nitrogen and oxygen atoms in total. The van der Waals surface area contributed by atoms with Crippen LogP contribution in [0.5, 0.6) is 5.75 Å². The summed E-state index contributed by atoms with van der Waals surface area (Å²) in [7, 11) is 5.88. The molecule has 53 heavy (non-hydrogen) atoms. The average molecular weight is 774 g/mol. The number of hydrogen-bond donors (Lipinski definition) is 1. The lowest BCUT2D eigenvalue weighted by Crippen LogP contribution is -2.69. The van der Waals surface area contributed by atoms with Crippen LogP contribution in [-0.2, 0) is 10.3 Å². The minimum atomic E-state index is -0.820. The SMILES string of the molecule is COc1ccc(NC(=O)N2CC(CN(C)C)CCN3C(C2)C(c2ccc(Br)cc2)[C@H]3COC(c2ccccc2)(c2ccccc2)c2ccccc2)cc1. The van der Waals surface area contributed by atoms with Crippen molar-refractivity contribution >= 4 is 27.6 Å². The van der Waals surface area contributed by atoms with Crippen molar-refractivity contribution in [2.24, 2.45) is 5.92 Å². The lowest BCUT2D eigenvalue weighted by molar-refractivity contribution is -0.105. The Morgan fingerprint density at radius 3 is 1.89 bits per heavy atom. The van der Waals surface area contributed by atoms with Gasteiger partial charge in [-0.1, -0.05) is 119 Å². The molecule has 5 aromatic carbocycles. The van der Waals surface area contributed by atoms with Gasteiger partial charge in [-0.3, -0.25) is 4.90 Å². The van der Waals surface area contributed by atoms with Gasteiger partial charge < -0.3 is 24.6 Å². The number of nitrogens with one attached hydrogen (secondary N) is 1. The zero-order valence-corrected chi connectivity index (χ0v) is 32.4. The Kier molecular flexibility index (Phi) is 11.6. The molecule has 1 N–H and O–H groups in total. The van der Waals surface area contributed by atoms with Gasteiger partial charge in [0.1, 0.15) is 11.4 Å². The molecule has 0 saturated carbocycles. The van der Waals surface area contributed by atoms with Crippen LogP contribution in [0.15, 0.2) is 144 Å². The molecule has 2 saturated heterocycles. The molecule has 2 aliphatic heterocycles. The van der Waals surface area contributed by atoms with Gasteiger partial charge in [-0.25, -0.2) is 4.79 Å². The van der Waals surface area contributed by atoms with Crippen molar-refractivity contribution in [3.8, 4) is 5.75 Å². The summed E-state index contributed by atoms with van der Waals surface area (Å²) >= 11 is 3.66. The molecule has 7 rings (SSSR count). The molecule has 5 aromatic rings. The lowest BCUT2D eigenvalue weighted by atomic mass is 9.73. The van der Waals surface area contributed by atoms with Gasteiger partial charge >= 0.3 is 6.03 Å². The van der Waals surface area contributed by atoms with Crippen molar-refractivity contribution in [2.45, 2.75) is 30.0 Å². The minimum absolute atomic E-state index is 0.0775. The van der Waals surface area contributed by atoms with E-state index in [1.807, 2.05) is 29.2 Å². The standard InChI is InChI=1S/C45H49BrN4O3/c1-48(2)29-33-27-28-50-41(31-49(30-33)44(51)47-39-23-25-40(52-3)26-24-39)43(34-19-21-38(46)22-20-34)42(50)32-53-45(35-13-7-4-8-14-35,36-15-9-5-10-16-36)37-17-11-6-12-18-37/h4-26,33,41-43H,27-32H2,1-3H3,(H,47,51)/t33?,41?,42-,43?/m1/s1. The van der Waals surface area contributed by atoms with Crippen LogP contribution in [0.3, 0.4) is 0 Å². The summed E-state index contributed by atoms with van der Waals surface area (Å²) < 4.78 is 13.9. The van der Waals surface area contributed by atoms with E-state index in [9.17, 15) is 4.79 Å². The molecular weight excluding hydrogens is 724 g/mol. The second-order valence-corrected chi connectivity index (χ2v) is 15.4. The number of benzene rings is 5. The summed E-state index contributed by atoms with van der Waals surface area (Å²) in [4.78, 5) is 21.0. The maximum atomic E-state index is 14.1. The van der Waals surface area contributed by atoms with Crippen LogP contribution in [0.1, 0.15) is 34.6 Å². The van der Waals surface area contributed by atoms with Gasteiger partial charge in [-0.05, 0) is 91.6 Å². The number of ether oxygens (including phenoxy) is 2. The van der Waals surface area contributed by atoms with Crippen LogP contribution < -0.4 is 10.1 Å². The summed E-state index contributed by atoms with van der Waals surface area (Å²) in [5, 5.41) is 3.19. The Bertz CT molecular complexity index is 1810. The number of carbonyl (C=O) groups is 1. The normalized spacial score (nSPS) is 20.5. The molecule has 0 bridgehead atoms. The van der Waals surface area contributed by atoms with E-state index in [1.54, 1.807) is 7.11 Å². The number of anilines is 1. The topological polar surface area (TPSA) is 57.3 Å². The smallest absolute Gasteiger partial charge is 0.321 e. The second kappa shape index (κ2) is 16.7. The number of fused-ring (bicyclic) bond motifs is 1. The maximum absolute atomic E-state index is 14.1. The second-order valence-electron chi connectivity index (χ2n) is 14.5. The molecule has 2 aliphatic rings. The number of amides is 2. The summed E-state index contributed by atoms with van der Waals surface area (Å²) in [6, 6.07) is 48.2. The predicted molar refractivity (Wildman–Crippen MR) is 217 cm³/mol. The molecule has 2 heterocycles. The Hall–Kier alpha value is -4.47. The molecule has 2 amide bonds. The molecule has 4 atom stereocenters. The third kappa shape index (κ3) is 8.06. The van der Waals surface area contributed by atoms with Crippen molar-refractivity contribution in [2.75, 3.05) is 59.3 Å². The van der Waals surface area contributed by atoms with Crippen LogP contribution in [0.25, 0.3) is 0 Å². The molecule has 8 heteroatoms. The summed E-state index contributed by atoms with van der Waals surface area (Å²) in [5.41, 5.74) is 4.46. The number of urea groups is 1. The van der Waals surface area contributed by atoms with Crippen LogP contribution >= 0.6 is 15.9 Å². The van der Waals surface area contributed by atoms with Gasteiger partial charge in [0.25, 0.3) is 0 Å². The van der Waals surface area contributed by atoms with Crippen molar-refractivity contribution in [1.82, 2.24) is 14.7 Å². The molecular formula is C45H49BrN4O3. The zero-order chi connectivity index (χ0) is 36.8. The van der Waals surface area contributed by atoms with E-state index in [1.165, 1.54) is 5.56 Å². The molecule has 0 radical (unpaired) electrons. The Morgan fingerprint density at radius 1 is 0.792 bits per heavy atom. The predicted octanol–water partition coefficient (Wildman–Crippen LogP) is 8.72. The monoisotopic (exact) mass is 772 g/mol. The summed E-state index contributed by atoms with van der Waals surface area (Å²) in [5.74, 6) is 1.23. The van der Waals surface area contributed by atoms with Crippen LogP contribution in [0.4, 0.5) is 10.5 Å². The van der Waals surface area contributed by atoms with Crippen molar-refractivity contribution in [1.29, 1.82) is 0 Å². The highest BCUT2D eigenvalue weighted by molar-refractivity contribution is 9.10. The number of nitrogens with zero attached hydrogens (tertiary/aromatic N) is 3. The first-order valence-corrected chi connectivity index (χ1v) is 19.3. The number of carbonyl (C=O) groups excluding carboxylic acids is 1. The number of halogens is 1. The quantitative estimate of drug-likeness (QED) is 0.136. The van der Waals surface area contributed by atoms with Gasteiger partial charge in [0.2, 0.25) is 0 Å². The van der Waals surface area contributed by atoms with E-state index in [-0.39, 0.29) is 24.0 Å². The van der Waals surface area contributed by atoms with E-state index in [4.69, 9.17) is 9.47 Å². The van der Waals surface area contributed by atoms with Gasteiger partial charge in [-0.15, -0.1) is 0 Å². The number of methoxy groups -OCH3 is 1. The first kappa shape index (κ1) is 36.9. The third-order valence-corrected chi connectivity index (χ3v) is 11.4. The first-order chi connectivity index (χ1) is 25.9. The van der Waals surface area contributed by atoms with Crippen LogP contribution in [0.2, 0.25) is 0 Å². The van der Waals surface area contributed by atoms with Gasteiger partial charge in [0, 0.05) is 47.8 Å². The summed E-state index contributed by atoms with van der Waals surface area (Å²) in [6.07, 6.45) is 0.978. The third-order valence-electron chi connectivity index (χ3n) is 10.9. The van der Waals surface area contributed by atoms with Crippen molar-refractivity contribution in [3.63, 3.8) is 0 Å². The Morgan fingerprint density at radius 2 is 1.36 bits per heavy atom. The molecule has 0 aromatic heterocycles. The Labute approximate surface area is 322 Å². The first-order valence-electron chi connectivity index (χ1n) is 18.5. The van der Waals surface area contributed by atoms with Crippen molar-refractivity contribution in [3.05, 3.63) is 166 Å². The molecule has 0 aliphatic carbocycles. The van der Waals surface area contributed by atoms with E-state index >= 15 is 0 Å². The highest BCUT2D eigenvalue weighted by Crippen LogP contribution is 2.46. The molecule has 3 unspecified atom stereocenters. The fraction of sp³-hybridized carbons (Fsp3) is 0.311. The van der Waals surface area contributed by atoms with E-state index in [0.29, 0.717) is 25.6 Å². The van der Waals surface area contributed by atoms with E-state index in [2.05, 4.69) is 160 Å². The highest BCUT2D eigenvalue weighted by Gasteiger charge is 2.52. The van der Waals surface area contributed by atoms with Gasteiger partial charge in [0.05, 0.1) is 13.7 Å². The number of rotatable bonds is 11. The van der Waals surface area contributed by atoms with E-state index < -0.39 is 5.60 Å². The lowest BCUT2D eigenvalue weighted by Gasteiger charge is -2.58. The number of hydrogen-bond acceptors (Lipinski definition) is 5. The van der Waals surface area contributed by atoms with Gasteiger partial charge in [-0.2, -0.15) is 0 Å². The fourth-order valence-electron chi connectivity index (χ4n) is 8.41. The maximum Gasteiger partial charge on any atom is 0.321 e.